The molecule has 1 aromatic heterocycles. The number of carbonyl (C=O) groups is 1. The van der Waals surface area contributed by atoms with E-state index in [9.17, 15) is 4.79 Å². The van der Waals surface area contributed by atoms with Crippen LogP contribution >= 0.6 is 0 Å². The molecule has 3 rings (SSSR count). The fourth-order valence-corrected chi connectivity index (χ4v) is 2.88. The molecule has 0 N–H and O–H groups in total. The van der Waals surface area contributed by atoms with Crippen LogP contribution in [0.15, 0.2) is 73.1 Å². The molecule has 4 heteroatoms. The topological polar surface area (TPSA) is 38.1 Å². The standard InChI is InChI=1S/C21H23N3O/c1-23-17-19(16-22-23)12-13-21(25)24(20-10-6-3-7-11-20)15-14-18-8-4-2-5-9-18/h2-11,16-17H,12-15H2,1H3. The van der Waals surface area contributed by atoms with Crippen molar-refractivity contribution in [2.24, 2.45) is 7.05 Å². The highest BCUT2D eigenvalue weighted by Crippen LogP contribution is 2.16. The highest BCUT2D eigenvalue weighted by Gasteiger charge is 2.15. The van der Waals surface area contributed by atoms with Crippen LogP contribution in [0.5, 0.6) is 0 Å². The van der Waals surface area contributed by atoms with Crippen LogP contribution in [0, 0.1) is 0 Å². The fraction of sp³-hybridized carbons (Fsp3) is 0.238. The molecule has 0 saturated carbocycles. The van der Waals surface area contributed by atoms with Gasteiger partial charge < -0.3 is 4.90 Å². The molecule has 1 heterocycles. The number of aryl methyl sites for hydroxylation is 2. The van der Waals surface area contributed by atoms with Crippen molar-refractivity contribution in [1.82, 2.24) is 9.78 Å². The van der Waals surface area contributed by atoms with E-state index in [1.165, 1.54) is 5.56 Å². The highest BCUT2D eigenvalue weighted by atomic mass is 16.2. The van der Waals surface area contributed by atoms with Crippen molar-refractivity contribution in [3.63, 3.8) is 0 Å². The Bertz CT molecular complexity index is 796. The van der Waals surface area contributed by atoms with E-state index < -0.39 is 0 Å². The quantitative estimate of drug-likeness (QED) is 0.662. The Morgan fingerprint density at radius 2 is 1.64 bits per heavy atom. The zero-order valence-electron chi connectivity index (χ0n) is 14.5. The fourth-order valence-electron chi connectivity index (χ4n) is 2.88. The number of carbonyl (C=O) groups excluding carboxylic acids is 1. The number of benzene rings is 2. The Kier molecular flexibility index (Phi) is 5.62. The number of anilines is 1. The van der Waals surface area contributed by atoms with Crippen molar-refractivity contribution >= 4 is 11.6 Å². The third-order valence-electron chi connectivity index (χ3n) is 4.22. The molecular weight excluding hydrogens is 310 g/mol. The first-order valence-corrected chi connectivity index (χ1v) is 8.59. The van der Waals surface area contributed by atoms with Gasteiger partial charge >= 0.3 is 0 Å². The molecule has 0 unspecified atom stereocenters. The number of aromatic nitrogens is 2. The lowest BCUT2D eigenvalue weighted by atomic mass is 10.1. The summed E-state index contributed by atoms with van der Waals surface area (Å²) in [6.07, 6.45) is 5.82. The molecule has 0 spiro atoms. The molecule has 0 fully saturated rings. The number of hydrogen-bond donors (Lipinski definition) is 0. The summed E-state index contributed by atoms with van der Waals surface area (Å²) in [5.74, 6) is 0.144. The lowest BCUT2D eigenvalue weighted by Gasteiger charge is -2.23. The molecule has 3 aromatic rings. The normalized spacial score (nSPS) is 10.6. The van der Waals surface area contributed by atoms with Crippen LogP contribution in [-0.2, 0) is 24.7 Å². The van der Waals surface area contributed by atoms with Crippen molar-refractivity contribution in [2.75, 3.05) is 11.4 Å². The van der Waals surface area contributed by atoms with Crippen molar-refractivity contribution in [3.05, 3.63) is 84.2 Å². The van der Waals surface area contributed by atoms with E-state index in [4.69, 9.17) is 0 Å². The Labute approximate surface area is 148 Å². The molecule has 0 radical (unpaired) electrons. The minimum Gasteiger partial charge on any atom is -0.312 e. The summed E-state index contributed by atoms with van der Waals surface area (Å²) in [4.78, 5) is 14.7. The first-order chi connectivity index (χ1) is 12.2. The number of para-hydroxylation sites is 1. The molecule has 0 aliphatic carbocycles. The summed E-state index contributed by atoms with van der Waals surface area (Å²) >= 11 is 0. The number of hydrogen-bond acceptors (Lipinski definition) is 2. The summed E-state index contributed by atoms with van der Waals surface area (Å²) < 4.78 is 1.77. The predicted octanol–water partition coefficient (Wildman–Crippen LogP) is 3.63. The largest absolute Gasteiger partial charge is 0.312 e. The molecule has 128 valence electrons. The van der Waals surface area contributed by atoms with Crippen molar-refractivity contribution < 1.29 is 4.79 Å². The lowest BCUT2D eigenvalue weighted by molar-refractivity contribution is -0.118. The van der Waals surface area contributed by atoms with Gasteiger partial charge in [-0.2, -0.15) is 5.10 Å². The maximum absolute atomic E-state index is 12.8. The van der Waals surface area contributed by atoms with Crippen molar-refractivity contribution in [1.29, 1.82) is 0 Å². The minimum atomic E-state index is 0.144. The van der Waals surface area contributed by atoms with E-state index in [1.54, 1.807) is 4.68 Å². The summed E-state index contributed by atoms with van der Waals surface area (Å²) in [5, 5.41) is 4.17. The third kappa shape index (κ3) is 4.80. The first kappa shape index (κ1) is 17.0. The Morgan fingerprint density at radius 3 is 2.28 bits per heavy atom. The number of rotatable bonds is 7. The summed E-state index contributed by atoms with van der Waals surface area (Å²) in [7, 11) is 1.89. The summed E-state index contributed by atoms with van der Waals surface area (Å²) in [6, 6.07) is 20.2. The predicted molar refractivity (Wildman–Crippen MR) is 100 cm³/mol. The van der Waals surface area contributed by atoms with E-state index in [0.717, 1.165) is 17.7 Å². The molecular formula is C21H23N3O. The molecule has 0 saturated heterocycles. The van der Waals surface area contributed by atoms with E-state index in [0.29, 0.717) is 19.4 Å². The van der Waals surface area contributed by atoms with E-state index >= 15 is 0 Å². The van der Waals surface area contributed by atoms with Crippen LogP contribution in [0.25, 0.3) is 0 Å². The van der Waals surface area contributed by atoms with E-state index in [-0.39, 0.29) is 5.91 Å². The monoisotopic (exact) mass is 333 g/mol. The zero-order chi connectivity index (χ0) is 17.5. The average Bonchev–Trinajstić information content (AvgIpc) is 3.07. The maximum atomic E-state index is 12.8. The van der Waals surface area contributed by atoms with Gasteiger partial charge in [-0.15, -0.1) is 0 Å². The second-order valence-corrected chi connectivity index (χ2v) is 6.14. The summed E-state index contributed by atoms with van der Waals surface area (Å²) in [6.45, 7) is 0.680. The molecule has 0 atom stereocenters. The SMILES string of the molecule is Cn1cc(CCC(=O)N(CCc2ccccc2)c2ccccc2)cn1. The van der Waals surface area contributed by atoms with Crippen LogP contribution in [0.2, 0.25) is 0 Å². The smallest absolute Gasteiger partial charge is 0.227 e. The molecule has 2 aromatic carbocycles. The highest BCUT2D eigenvalue weighted by molar-refractivity contribution is 5.93. The van der Waals surface area contributed by atoms with Crippen LogP contribution in [0.4, 0.5) is 5.69 Å². The molecule has 0 aliphatic heterocycles. The van der Waals surface area contributed by atoms with Gasteiger partial charge in [-0.3, -0.25) is 9.48 Å². The van der Waals surface area contributed by atoms with E-state index in [2.05, 4.69) is 17.2 Å². The van der Waals surface area contributed by atoms with Crippen molar-refractivity contribution in [2.45, 2.75) is 19.3 Å². The van der Waals surface area contributed by atoms with Gasteiger partial charge in [-0.25, -0.2) is 0 Å². The van der Waals surface area contributed by atoms with Gasteiger partial charge in [0.1, 0.15) is 0 Å². The average molecular weight is 333 g/mol. The lowest BCUT2D eigenvalue weighted by Crippen LogP contribution is -2.33. The number of amides is 1. The van der Waals surface area contributed by atoms with Gasteiger partial charge in [0, 0.05) is 31.9 Å². The van der Waals surface area contributed by atoms with Gasteiger partial charge in [-0.1, -0.05) is 48.5 Å². The van der Waals surface area contributed by atoms with Gasteiger partial charge in [0.25, 0.3) is 0 Å². The van der Waals surface area contributed by atoms with Gasteiger partial charge in [0.05, 0.1) is 6.20 Å². The van der Waals surface area contributed by atoms with E-state index in [1.807, 2.05) is 72.9 Å². The molecule has 0 bridgehead atoms. The zero-order valence-corrected chi connectivity index (χ0v) is 14.5. The maximum Gasteiger partial charge on any atom is 0.227 e. The second-order valence-electron chi connectivity index (χ2n) is 6.14. The van der Waals surface area contributed by atoms with Gasteiger partial charge in [0.15, 0.2) is 0 Å². The molecule has 1 amide bonds. The van der Waals surface area contributed by atoms with Crippen molar-refractivity contribution in [3.8, 4) is 0 Å². The van der Waals surface area contributed by atoms with Gasteiger partial charge in [-0.05, 0) is 36.1 Å². The molecule has 0 aliphatic rings. The summed E-state index contributed by atoms with van der Waals surface area (Å²) in [5.41, 5.74) is 3.28. The second kappa shape index (κ2) is 8.29. The first-order valence-electron chi connectivity index (χ1n) is 8.59. The third-order valence-corrected chi connectivity index (χ3v) is 4.22. The molecule has 4 nitrogen and oxygen atoms in total. The Morgan fingerprint density at radius 1 is 0.960 bits per heavy atom. The Balaban J connectivity index is 1.68. The van der Waals surface area contributed by atoms with Crippen LogP contribution in [0.1, 0.15) is 17.5 Å². The van der Waals surface area contributed by atoms with Gasteiger partial charge in [0.2, 0.25) is 5.91 Å². The molecule has 25 heavy (non-hydrogen) atoms. The van der Waals surface area contributed by atoms with Crippen LogP contribution in [0.3, 0.4) is 0 Å². The minimum absolute atomic E-state index is 0.144. The van der Waals surface area contributed by atoms with Crippen LogP contribution in [-0.4, -0.2) is 22.2 Å². The van der Waals surface area contributed by atoms with Crippen LogP contribution < -0.4 is 4.90 Å². The Hall–Kier alpha value is -2.88. The number of nitrogens with zero attached hydrogens (tertiary/aromatic N) is 3.